The second-order valence-electron chi connectivity index (χ2n) is 7.59. The normalized spacial score (nSPS) is 13.7. The van der Waals surface area contributed by atoms with Crippen LogP contribution in [0, 0.1) is 0 Å². The van der Waals surface area contributed by atoms with Crippen molar-refractivity contribution >= 4 is 5.91 Å². The van der Waals surface area contributed by atoms with Gasteiger partial charge in [-0.15, -0.1) is 0 Å². The number of H-pyrrole nitrogens is 1. The first-order chi connectivity index (χ1) is 15.8. The average Bonchev–Trinajstić information content (AvgIpc) is 3.40. The van der Waals surface area contributed by atoms with Crippen LogP contribution in [0.1, 0.15) is 10.4 Å². The first kappa shape index (κ1) is 20.0. The van der Waals surface area contributed by atoms with Crippen LogP contribution in [-0.2, 0) is 4.74 Å². The van der Waals surface area contributed by atoms with Crippen molar-refractivity contribution in [3.05, 3.63) is 90.8 Å². The topological polar surface area (TPSA) is 67.5 Å². The van der Waals surface area contributed by atoms with E-state index in [0.717, 1.165) is 33.8 Å². The molecular weight excluding hydrogens is 402 g/mol. The molecule has 3 aromatic carbocycles. The largest absolute Gasteiger partial charge is 0.457 e. The summed E-state index contributed by atoms with van der Waals surface area (Å²) in [7, 11) is 0. The Morgan fingerprint density at radius 3 is 2.38 bits per heavy atom. The number of nitrogens with one attached hydrogen (secondary N) is 1. The highest BCUT2D eigenvalue weighted by Crippen LogP contribution is 2.36. The van der Waals surface area contributed by atoms with Crippen LogP contribution in [0.25, 0.3) is 22.3 Å². The molecule has 1 N–H and O–H groups in total. The zero-order valence-electron chi connectivity index (χ0n) is 17.5. The Hall–Kier alpha value is -3.90. The maximum Gasteiger partial charge on any atom is 0.254 e. The fourth-order valence-electron chi connectivity index (χ4n) is 3.84. The summed E-state index contributed by atoms with van der Waals surface area (Å²) in [5, 5.41) is 6.98. The van der Waals surface area contributed by atoms with E-state index in [1.54, 1.807) is 6.20 Å². The summed E-state index contributed by atoms with van der Waals surface area (Å²) < 4.78 is 11.4. The van der Waals surface area contributed by atoms with Gasteiger partial charge in [0.2, 0.25) is 0 Å². The molecule has 0 unspecified atom stereocenters. The fraction of sp³-hybridized carbons (Fsp3) is 0.154. The van der Waals surface area contributed by atoms with Gasteiger partial charge >= 0.3 is 0 Å². The third-order valence-electron chi connectivity index (χ3n) is 5.52. The molecule has 2 heterocycles. The number of ether oxygens (including phenoxy) is 2. The molecule has 0 radical (unpaired) electrons. The molecule has 5 rings (SSSR count). The molecule has 0 aliphatic carbocycles. The molecule has 32 heavy (non-hydrogen) atoms. The van der Waals surface area contributed by atoms with Crippen LogP contribution < -0.4 is 4.74 Å². The highest BCUT2D eigenvalue weighted by Gasteiger charge is 2.19. The fourth-order valence-corrected chi connectivity index (χ4v) is 3.84. The third-order valence-corrected chi connectivity index (χ3v) is 5.52. The molecule has 1 fully saturated rings. The summed E-state index contributed by atoms with van der Waals surface area (Å²) in [5.74, 6) is 1.56. The van der Waals surface area contributed by atoms with Gasteiger partial charge in [-0.05, 0) is 59.2 Å². The van der Waals surface area contributed by atoms with E-state index in [4.69, 9.17) is 9.47 Å². The number of aromatic amines is 1. The van der Waals surface area contributed by atoms with Gasteiger partial charge in [0, 0.05) is 30.4 Å². The Labute approximate surface area is 186 Å². The summed E-state index contributed by atoms with van der Waals surface area (Å²) in [5.41, 5.74) is 4.70. The van der Waals surface area contributed by atoms with Gasteiger partial charge in [0.1, 0.15) is 11.5 Å². The monoisotopic (exact) mass is 425 g/mol. The minimum absolute atomic E-state index is 0.0380. The molecule has 1 aromatic heterocycles. The third kappa shape index (κ3) is 4.26. The van der Waals surface area contributed by atoms with E-state index in [1.165, 1.54) is 0 Å². The smallest absolute Gasteiger partial charge is 0.254 e. The predicted octanol–water partition coefficient (Wildman–Crippen LogP) is 5.01. The number of rotatable bonds is 5. The van der Waals surface area contributed by atoms with Crippen molar-refractivity contribution in [3.63, 3.8) is 0 Å². The Morgan fingerprint density at radius 1 is 0.875 bits per heavy atom. The number of carbonyl (C=O) groups is 1. The van der Waals surface area contributed by atoms with Crippen molar-refractivity contribution in [3.8, 4) is 33.8 Å². The molecule has 160 valence electrons. The van der Waals surface area contributed by atoms with E-state index in [0.29, 0.717) is 31.9 Å². The van der Waals surface area contributed by atoms with Gasteiger partial charge in [-0.2, -0.15) is 5.10 Å². The summed E-state index contributed by atoms with van der Waals surface area (Å²) in [6.45, 7) is 2.44. The van der Waals surface area contributed by atoms with Crippen LogP contribution in [0.2, 0.25) is 0 Å². The highest BCUT2D eigenvalue weighted by molar-refractivity contribution is 5.95. The SMILES string of the molecule is O=C(c1ccc(-c2cc(Oc3ccccc3)ccc2-c2cn[nH]c2)cc1)N1CCOCC1. The van der Waals surface area contributed by atoms with Gasteiger partial charge in [0.15, 0.2) is 0 Å². The van der Waals surface area contributed by atoms with E-state index in [9.17, 15) is 4.79 Å². The van der Waals surface area contributed by atoms with Gasteiger partial charge in [-0.3, -0.25) is 9.89 Å². The van der Waals surface area contributed by atoms with E-state index in [-0.39, 0.29) is 5.91 Å². The molecule has 0 spiro atoms. The van der Waals surface area contributed by atoms with Gasteiger partial charge in [0.05, 0.1) is 19.4 Å². The number of hydrogen-bond donors (Lipinski definition) is 1. The minimum Gasteiger partial charge on any atom is -0.457 e. The second kappa shape index (κ2) is 9.08. The number of aromatic nitrogens is 2. The van der Waals surface area contributed by atoms with Crippen LogP contribution in [-0.4, -0.2) is 47.3 Å². The quantitative estimate of drug-likeness (QED) is 0.488. The summed E-state index contributed by atoms with van der Waals surface area (Å²) in [6.07, 6.45) is 3.67. The first-order valence-corrected chi connectivity index (χ1v) is 10.6. The van der Waals surface area contributed by atoms with Gasteiger partial charge < -0.3 is 14.4 Å². The second-order valence-corrected chi connectivity index (χ2v) is 7.59. The summed E-state index contributed by atoms with van der Waals surface area (Å²) in [6, 6.07) is 23.5. The molecule has 6 heteroatoms. The van der Waals surface area contributed by atoms with Crippen LogP contribution in [0.3, 0.4) is 0 Å². The number of hydrogen-bond acceptors (Lipinski definition) is 4. The van der Waals surface area contributed by atoms with Crippen LogP contribution in [0.15, 0.2) is 85.2 Å². The zero-order chi connectivity index (χ0) is 21.8. The number of nitrogens with zero attached hydrogens (tertiary/aromatic N) is 2. The molecule has 6 nitrogen and oxygen atoms in total. The maximum absolute atomic E-state index is 12.8. The average molecular weight is 425 g/mol. The van der Waals surface area contributed by atoms with E-state index in [1.807, 2.05) is 83.9 Å². The van der Waals surface area contributed by atoms with Crippen molar-refractivity contribution in [1.29, 1.82) is 0 Å². The maximum atomic E-state index is 12.8. The molecule has 1 aliphatic heterocycles. The Kier molecular flexibility index (Phi) is 5.68. The Balaban J connectivity index is 1.47. The molecule has 0 atom stereocenters. The Bertz CT molecular complexity index is 1180. The van der Waals surface area contributed by atoms with E-state index in [2.05, 4.69) is 10.2 Å². The predicted molar refractivity (Wildman–Crippen MR) is 123 cm³/mol. The molecular formula is C26H23N3O3. The van der Waals surface area contributed by atoms with Crippen LogP contribution >= 0.6 is 0 Å². The lowest BCUT2D eigenvalue weighted by Gasteiger charge is -2.26. The summed E-state index contributed by atoms with van der Waals surface area (Å²) in [4.78, 5) is 14.6. The van der Waals surface area contributed by atoms with Gasteiger partial charge in [-0.1, -0.05) is 30.3 Å². The van der Waals surface area contributed by atoms with E-state index >= 15 is 0 Å². The molecule has 1 aliphatic rings. The standard InChI is InChI=1S/C26H23N3O3/c30-26(29-12-14-31-15-13-29)20-8-6-19(7-9-20)25-16-23(32-22-4-2-1-3-5-22)10-11-24(25)21-17-27-28-18-21/h1-11,16-18H,12-15H2,(H,27,28). The van der Waals surface area contributed by atoms with Gasteiger partial charge in [0.25, 0.3) is 5.91 Å². The highest BCUT2D eigenvalue weighted by atomic mass is 16.5. The molecule has 1 amide bonds. The van der Waals surface area contributed by atoms with Crippen molar-refractivity contribution in [2.24, 2.45) is 0 Å². The van der Waals surface area contributed by atoms with Crippen molar-refractivity contribution in [2.45, 2.75) is 0 Å². The van der Waals surface area contributed by atoms with Gasteiger partial charge in [-0.25, -0.2) is 0 Å². The lowest BCUT2D eigenvalue weighted by Crippen LogP contribution is -2.40. The lowest BCUT2D eigenvalue weighted by atomic mass is 9.95. The number of morpholine rings is 1. The van der Waals surface area contributed by atoms with E-state index < -0.39 is 0 Å². The number of amides is 1. The lowest BCUT2D eigenvalue weighted by molar-refractivity contribution is 0.0303. The number of benzene rings is 3. The van der Waals surface area contributed by atoms with Crippen LogP contribution in [0.4, 0.5) is 0 Å². The molecule has 0 bridgehead atoms. The molecule has 4 aromatic rings. The van der Waals surface area contributed by atoms with Crippen molar-refractivity contribution in [1.82, 2.24) is 15.1 Å². The number of para-hydroxylation sites is 1. The number of carbonyl (C=O) groups excluding carboxylic acids is 1. The molecule has 1 saturated heterocycles. The summed E-state index contributed by atoms with van der Waals surface area (Å²) >= 11 is 0. The molecule has 0 saturated carbocycles. The van der Waals surface area contributed by atoms with Crippen molar-refractivity contribution in [2.75, 3.05) is 26.3 Å². The Morgan fingerprint density at radius 2 is 1.66 bits per heavy atom. The minimum atomic E-state index is 0.0380. The van der Waals surface area contributed by atoms with Crippen LogP contribution in [0.5, 0.6) is 11.5 Å². The first-order valence-electron chi connectivity index (χ1n) is 10.6. The van der Waals surface area contributed by atoms with Crippen molar-refractivity contribution < 1.29 is 14.3 Å². The zero-order valence-corrected chi connectivity index (χ0v) is 17.5.